The molecule has 0 aromatic carbocycles. The maximum atomic E-state index is 8.52. The summed E-state index contributed by atoms with van der Waals surface area (Å²) in [5, 5.41) is 15.8. The van der Waals surface area contributed by atoms with Gasteiger partial charge in [0.05, 0.1) is 11.7 Å². The third-order valence-corrected chi connectivity index (χ3v) is 0. The van der Waals surface area contributed by atoms with Crippen LogP contribution in [-0.2, 0) is 0 Å². The van der Waals surface area contributed by atoms with Crippen molar-refractivity contribution in [1.29, 1.82) is 5.26 Å². The molecule has 0 rings (SSSR count). The van der Waals surface area contributed by atoms with Crippen LogP contribution in [0, 0.1) is 11.3 Å². The molecule has 0 saturated heterocycles. The summed E-state index contributed by atoms with van der Waals surface area (Å²) >= 11 is 14.4. The summed E-state index contributed by atoms with van der Waals surface area (Å²) < 4.78 is -0.750. The summed E-state index contributed by atoms with van der Waals surface area (Å²) in [6.45, 7) is 6.66. The minimum Gasteiger partial charge on any atom is -0.391 e. The van der Waals surface area contributed by atoms with E-state index in [1.165, 1.54) is 6.92 Å². The van der Waals surface area contributed by atoms with Gasteiger partial charge in [-0.05, 0) is 20.8 Å². The zero-order valence-corrected chi connectivity index (χ0v) is 9.87. The Kier molecular flexibility index (Phi) is 17.1. The van der Waals surface area contributed by atoms with Crippen LogP contribution in [-0.4, -0.2) is 15.0 Å². The van der Waals surface area contributed by atoms with E-state index < -0.39 is 9.90 Å². The number of hydrogen-bond acceptors (Lipinski definition) is 2. The predicted octanol–water partition coefficient (Wildman–Crippen LogP) is 3.29. The van der Waals surface area contributed by atoms with E-state index in [0.717, 1.165) is 0 Å². The second-order valence-electron chi connectivity index (χ2n) is 2.64. The van der Waals surface area contributed by atoms with Crippen LogP contribution in [0.2, 0.25) is 0 Å². The van der Waals surface area contributed by atoms with Crippen molar-refractivity contribution < 1.29 is 5.11 Å². The summed E-state index contributed by atoms with van der Waals surface area (Å²) in [7, 11) is 0. The fourth-order valence-corrected chi connectivity index (χ4v) is 0. The summed E-state index contributed by atoms with van der Waals surface area (Å²) in [4.78, 5) is 0. The molecular formula is C7H14Cl3NO. The molecule has 0 aliphatic rings. The van der Waals surface area contributed by atoms with Crippen LogP contribution >= 0.6 is 34.8 Å². The molecule has 0 aromatic heterocycles. The van der Waals surface area contributed by atoms with Crippen molar-refractivity contribution in [3.8, 4) is 6.07 Å². The molecule has 0 spiro atoms. The highest BCUT2D eigenvalue weighted by Gasteiger charge is 1.97. The van der Waals surface area contributed by atoms with Crippen molar-refractivity contribution in [2.45, 2.75) is 37.6 Å². The second-order valence-corrected chi connectivity index (χ2v) is 4.62. The molecule has 0 saturated carbocycles. The first-order chi connectivity index (χ1) is 5.15. The van der Waals surface area contributed by atoms with Crippen molar-refractivity contribution in [3.63, 3.8) is 0 Å². The molecule has 0 atom stereocenters. The Balaban J connectivity index is -0.000000105. The number of hydrogen-bond donors (Lipinski definition) is 1. The number of alkyl halides is 3. The fourth-order valence-electron chi connectivity index (χ4n) is 0. The van der Waals surface area contributed by atoms with Crippen molar-refractivity contribution in [3.05, 3.63) is 0 Å². The minimum atomic E-state index is -0.750. The van der Waals surface area contributed by atoms with Gasteiger partial charge in [0.1, 0.15) is 0 Å². The van der Waals surface area contributed by atoms with Gasteiger partial charge in [-0.2, -0.15) is 5.26 Å². The van der Waals surface area contributed by atoms with Gasteiger partial charge in [-0.25, -0.2) is 0 Å². The van der Waals surface area contributed by atoms with Crippen molar-refractivity contribution >= 4 is 34.8 Å². The summed E-state index contributed by atoms with van der Waals surface area (Å²) in [6.07, 6.45) is 0. The number of halogens is 3. The molecule has 5 heteroatoms. The van der Waals surface area contributed by atoms with Crippen molar-refractivity contribution in [2.24, 2.45) is 0 Å². The molecule has 0 aliphatic heterocycles. The molecule has 0 unspecified atom stereocenters. The molecule has 0 amide bonds. The Hall–Kier alpha value is 0.320. The van der Waals surface area contributed by atoms with Crippen LogP contribution < -0.4 is 0 Å². The third-order valence-electron chi connectivity index (χ3n) is 0. The van der Waals surface area contributed by atoms with E-state index in [2.05, 4.69) is 0 Å². The summed E-state index contributed by atoms with van der Waals surface area (Å²) in [5.74, 6) is 0. The van der Waals surface area contributed by atoms with Gasteiger partial charge in [0.15, 0.2) is 4.30 Å². The van der Waals surface area contributed by atoms with Gasteiger partial charge in [-0.15, -0.1) is 0 Å². The van der Waals surface area contributed by atoms with E-state index in [-0.39, 0.29) is 0 Å². The van der Waals surface area contributed by atoms with Crippen LogP contribution in [0.5, 0.6) is 0 Å². The Morgan fingerprint density at radius 3 is 1.25 bits per heavy atom. The number of nitriles is 1. The first-order valence-corrected chi connectivity index (χ1v) is 4.41. The lowest BCUT2D eigenvalue weighted by atomic mass is 10.2. The second kappa shape index (κ2) is 11.3. The molecule has 0 heterocycles. The highest BCUT2D eigenvalue weighted by molar-refractivity contribution is 6.63. The monoisotopic (exact) mass is 233 g/mol. The quantitative estimate of drug-likeness (QED) is 0.654. The Morgan fingerprint density at radius 1 is 1.25 bits per heavy atom. The van der Waals surface area contributed by atoms with Gasteiger partial charge in [0, 0.05) is 6.92 Å². The topological polar surface area (TPSA) is 44.0 Å². The largest absolute Gasteiger partial charge is 0.391 e. The van der Waals surface area contributed by atoms with Crippen LogP contribution in [0.25, 0.3) is 0 Å². The molecule has 0 aromatic rings. The van der Waals surface area contributed by atoms with Gasteiger partial charge >= 0.3 is 0 Å². The first kappa shape index (κ1) is 18.2. The zero-order valence-electron chi connectivity index (χ0n) is 7.61. The van der Waals surface area contributed by atoms with Crippen LogP contribution in [0.3, 0.4) is 0 Å². The molecule has 2 nitrogen and oxygen atoms in total. The fraction of sp³-hybridized carbons (Fsp3) is 0.857. The van der Waals surface area contributed by atoms with Crippen molar-refractivity contribution in [2.75, 3.05) is 0 Å². The highest BCUT2D eigenvalue weighted by atomic mass is 35.6. The summed E-state index contributed by atoms with van der Waals surface area (Å²) in [5.41, 5.74) is -0.500. The molecule has 0 fully saturated rings. The van der Waals surface area contributed by atoms with Gasteiger partial charge in [-0.3, -0.25) is 0 Å². The molecule has 0 bridgehead atoms. The minimum absolute atomic E-state index is 0.500. The normalized spacial score (nSPS) is 8.67. The lowest BCUT2D eigenvalue weighted by Gasteiger charge is -2.04. The standard InChI is InChI=1S/C4H10O.C2H3N.CHCl3/c1-4(2,3)5;1-2-3;2-1(3)4/h5H,1-3H3;1H3;1H. The van der Waals surface area contributed by atoms with Gasteiger partial charge in [-0.1, -0.05) is 34.8 Å². The smallest absolute Gasteiger partial charge is 0.180 e. The van der Waals surface area contributed by atoms with Crippen LogP contribution in [0.1, 0.15) is 27.7 Å². The third kappa shape index (κ3) is 8750. The summed E-state index contributed by atoms with van der Waals surface area (Å²) in [6, 6.07) is 1.75. The van der Waals surface area contributed by atoms with Crippen molar-refractivity contribution in [1.82, 2.24) is 0 Å². The average molecular weight is 235 g/mol. The molecule has 0 aliphatic carbocycles. The van der Waals surface area contributed by atoms with E-state index in [9.17, 15) is 0 Å². The molecule has 74 valence electrons. The SMILES string of the molecule is CC#N.CC(C)(C)O.ClC(Cl)Cl. The van der Waals surface area contributed by atoms with E-state index >= 15 is 0 Å². The molecular weight excluding hydrogens is 220 g/mol. The lowest BCUT2D eigenvalue weighted by molar-refractivity contribution is 0.102. The molecule has 12 heavy (non-hydrogen) atoms. The Labute approximate surface area is 89.0 Å². The predicted molar refractivity (Wildman–Crippen MR) is 54.6 cm³/mol. The maximum Gasteiger partial charge on any atom is 0.180 e. The number of rotatable bonds is 0. The van der Waals surface area contributed by atoms with Gasteiger partial charge < -0.3 is 5.11 Å². The lowest BCUT2D eigenvalue weighted by Crippen LogP contribution is -2.10. The van der Waals surface area contributed by atoms with Gasteiger partial charge in [0.2, 0.25) is 0 Å². The number of aliphatic hydroxyl groups is 1. The molecule has 0 radical (unpaired) electrons. The Morgan fingerprint density at radius 2 is 1.25 bits per heavy atom. The van der Waals surface area contributed by atoms with Gasteiger partial charge in [0.25, 0.3) is 0 Å². The first-order valence-electron chi connectivity index (χ1n) is 3.10. The van der Waals surface area contributed by atoms with E-state index in [0.29, 0.717) is 0 Å². The van der Waals surface area contributed by atoms with Crippen LogP contribution in [0.15, 0.2) is 0 Å². The van der Waals surface area contributed by atoms with Crippen LogP contribution in [0.4, 0.5) is 0 Å². The number of nitrogens with zero attached hydrogens (tertiary/aromatic N) is 1. The zero-order chi connectivity index (χ0) is 10.8. The maximum absolute atomic E-state index is 8.52. The Bertz CT molecular complexity index is 106. The van der Waals surface area contributed by atoms with E-state index in [1.807, 2.05) is 0 Å². The van der Waals surface area contributed by atoms with E-state index in [4.69, 9.17) is 45.2 Å². The molecule has 1 N–H and O–H groups in total. The van der Waals surface area contributed by atoms with E-state index in [1.54, 1.807) is 26.8 Å². The average Bonchev–Trinajstić information content (AvgIpc) is 1.56. The highest BCUT2D eigenvalue weighted by Crippen LogP contribution is 2.03.